The highest BCUT2D eigenvalue weighted by atomic mass is 32.1. The van der Waals surface area contributed by atoms with Crippen LogP contribution in [0.3, 0.4) is 0 Å². The van der Waals surface area contributed by atoms with Gasteiger partial charge in [0.2, 0.25) is 11.8 Å². The highest BCUT2D eigenvalue weighted by Gasteiger charge is 2.61. The fourth-order valence-corrected chi connectivity index (χ4v) is 7.76. The molecule has 2 aliphatic carbocycles. The number of benzene rings is 1. The number of carboxylic acid groups (broad SMARTS) is 1. The molecule has 0 bridgehead atoms. The Labute approximate surface area is 273 Å². The predicted molar refractivity (Wildman–Crippen MR) is 176 cm³/mol. The van der Waals surface area contributed by atoms with Gasteiger partial charge in [-0.2, -0.15) is 0 Å². The maximum Gasteiger partial charge on any atom is 0.330 e. The van der Waals surface area contributed by atoms with E-state index in [1.54, 1.807) is 7.11 Å². The summed E-state index contributed by atoms with van der Waals surface area (Å²) in [4.78, 5) is 49.4. The Kier molecular flexibility index (Phi) is 9.05. The van der Waals surface area contributed by atoms with Gasteiger partial charge in [-0.15, -0.1) is 11.3 Å². The number of nitrogens with zero attached hydrogens (tertiary/aromatic N) is 2. The lowest BCUT2D eigenvalue weighted by atomic mass is 9.93. The first-order valence-corrected chi connectivity index (χ1v) is 17.2. The van der Waals surface area contributed by atoms with E-state index in [1.165, 1.54) is 11.3 Å². The van der Waals surface area contributed by atoms with Gasteiger partial charge in [-0.25, -0.2) is 14.8 Å². The van der Waals surface area contributed by atoms with E-state index in [-0.39, 0.29) is 24.2 Å². The van der Waals surface area contributed by atoms with Crippen LogP contribution in [0.15, 0.2) is 35.7 Å². The van der Waals surface area contributed by atoms with Crippen molar-refractivity contribution in [2.24, 2.45) is 17.8 Å². The summed E-state index contributed by atoms with van der Waals surface area (Å²) >= 11 is 1.53. The first-order chi connectivity index (χ1) is 22.1. The van der Waals surface area contributed by atoms with Crippen molar-refractivity contribution in [1.82, 2.24) is 20.6 Å². The number of allylic oxidation sites excluding steroid dienone is 1. The third-order valence-corrected chi connectivity index (χ3v) is 10.5. The number of methoxy groups -OCH3 is 1. The van der Waals surface area contributed by atoms with Crippen molar-refractivity contribution in [2.45, 2.75) is 83.3 Å². The van der Waals surface area contributed by atoms with Crippen LogP contribution in [-0.2, 0) is 20.8 Å². The maximum atomic E-state index is 13.8. The molecule has 2 fully saturated rings. The van der Waals surface area contributed by atoms with E-state index in [0.717, 1.165) is 52.2 Å². The number of rotatable bonds is 7. The number of amides is 2. The third-order valence-electron chi connectivity index (χ3n) is 9.61. The Morgan fingerprint density at radius 2 is 1.91 bits per heavy atom. The number of hydrogen-bond donors (Lipinski definition) is 3. The number of aryl methyl sites for hydroxylation is 1. The molecule has 2 saturated carbocycles. The fraction of sp³-hybridized carbons (Fsp3) is 0.514. The first-order valence-electron chi connectivity index (χ1n) is 16.3. The monoisotopic (exact) mass is 646 g/mol. The molecule has 6 rings (SSSR count). The molecule has 3 aromatic rings. The average molecular weight is 647 g/mol. The zero-order chi connectivity index (χ0) is 32.6. The quantitative estimate of drug-likeness (QED) is 0.280. The second-order valence-electron chi connectivity index (χ2n) is 12.9. The summed E-state index contributed by atoms with van der Waals surface area (Å²) in [6, 6.07) is 5.74. The standard InChI is InChI=1S/C35H42N4O6S/c1-5-22-28(44-4)12-11-23-29(16-26(37-30(22)23)33-38-27(18-46-33)19(2)3)45-21-14-24-25(15-21)32(41)39-35(34(42)43)17-20(35)10-8-6-7-9-13-36-31(24)40/h8,10-12,16,18-21,24-25H,5-7,9,13-15,17H2,1-4H3,(H,36,40)(H,39,41)(H,42,43)/b10-8-/t20-,21+,24-,25-,35-/m1/s1. The van der Waals surface area contributed by atoms with Gasteiger partial charge in [-0.05, 0) is 63.0 Å². The minimum absolute atomic E-state index is 0.196. The van der Waals surface area contributed by atoms with E-state index < -0.39 is 35.4 Å². The maximum absolute atomic E-state index is 13.8. The zero-order valence-corrected chi connectivity index (χ0v) is 27.6. The number of carbonyl (C=O) groups excluding carboxylic acids is 2. The van der Waals surface area contributed by atoms with Crippen molar-refractivity contribution in [3.63, 3.8) is 0 Å². The number of carboxylic acids is 1. The molecule has 11 heteroatoms. The predicted octanol–water partition coefficient (Wildman–Crippen LogP) is 5.64. The minimum atomic E-state index is -1.33. The number of hydrogen-bond acceptors (Lipinski definition) is 8. The highest BCUT2D eigenvalue weighted by Crippen LogP contribution is 2.47. The summed E-state index contributed by atoms with van der Waals surface area (Å²) in [7, 11) is 1.64. The number of nitrogens with one attached hydrogen (secondary N) is 2. The van der Waals surface area contributed by atoms with Crippen molar-refractivity contribution >= 4 is 40.0 Å². The van der Waals surface area contributed by atoms with Crippen LogP contribution in [-0.4, -0.2) is 58.2 Å². The molecule has 0 saturated heterocycles. The largest absolute Gasteiger partial charge is 0.496 e. The molecule has 3 heterocycles. The van der Waals surface area contributed by atoms with Gasteiger partial charge in [-0.3, -0.25) is 9.59 Å². The number of fused-ring (bicyclic) bond motifs is 3. The summed E-state index contributed by atoms with van der Waals surface area (Å²) in [5, 5.41) is 19.6. The van der Waals surface area contributed by atoms with Crippen LogP contribution in [0.5, 0.6) is 11.5 Å². The Bertz CT molecular complexity index is 1680. The molecule has 244 valence electrons. The van der Waals surface area contributed by atoms with E-state index in [9.17, 15) is 19.5 Å². The summed E-state index contributed by atoms with van der Waals surface area (Å²) < 4.78 is 12.4. The van der Waals surface area contributed by atoms with Crippen LogP contribution >= 0.6 is 11.3 Å². The molecule has 0 radical (unpaired) electrons. The van der Waals surface area contributed by atoms with Gasteiger partial charge in [0, 0.05) is 34.9 Å². The van der Waals surface area contributed by atoms with Crippen molar-refractivity contribution in [3.05, 3.63) is 47.0 Å². The lowest BCUT2D eigenvalue weighted by Gasteiger charge is -2.22. The SMILES string of the molecule is CCc1c(OC)ccc2c(O[C@H]3C[C@H]4C(=O)NCCCC/C=C\[C@@H]5C[C@@]5(C(=O)O)NC(=O)[C@@H]4C3)cc(-c3nc(C(C)C)cs3)nc12. The number of thiazole rings is 1. The van der Waals surface area contributed by atoms with E-state index in [4.69, 9.17) is 19.4 Å². The lowest BCUT2D eigenvalue weighted by Crippen LogP contribution is -2.49. The van der Waals surface area contributed by atoms with Gasteiger partial charge in [0.25, 0.3) is 0 Å². The number of ether oxygens (including phenoxy) is 2. The molecular weight excluding hydrogens is 604 g/mol. The fourth-order valence-electron chi connectivity index (χ4n) is 6.82. The highest BCUT2D eigenvalue weighted by molar-refractivity contribution is 7.13. The minimum Gasteiger partial charge on any atom is -0.496 e. The van der Waals surface area contributed by atoms with E-state index in [1.807, 2.05) is 35.7 Å². The smallest absolute Gasteiger partial charge is 0.330 e. The number of aliphatic carboxylic acids is 1. The average Bonchev–Trinajstić information content (AvgIpc) is 3.34. The Morgan fingerprint density at radius 1 is 1.13 bits per heavy atom. The summed E-state index contributed by atoms with van der Waals surface area (Å²) in [6.45, 7) is 6.79. The van der Waals surface area contributed by atoms with Crippen LogP contribution in [0, 0.1) is 17.8 Å². The summed E-state index contributed by atoms with van der Waals surface area (Å²) in [5.41, 5.74) is 2.07. The molecule has 0 unspecified atom stereocenters. The second kappa shape index (κ2) is 13.0. The van der Waals surface area contributed by atoms with Gasteiger partial charge >= 0.3 is 5.97 Å². The van der Waals surface area contributed by atoms with Crippen LogP contribution in [0.1, 0.15) is 76.5 Å². The molecular formula is C35H42N4O6S. The normalized spacial score (nSPS) is 27.2. The molecule has 46 heavy (non-hydrogen) atoms. The Balaban J connectivity index is 1.35. The molecule has 1 aromatic carbocycles. The van der Waals surface area contributed by atoms with Crippen LogP contribution in [0.25, 0.3) is 21.6 Å². The van der Waals surface area contributed by atoms with Crippen LogP contribution in [0.4, 0.5) is 0 Å². The second-order valence-corrected chi connectivity index (χ2v) is 13.8. The molecule has 2 amide bonds. The number of aromatic nitrogens is 2. The van der Waals surface area contributed by atoms with E-state index in [2.05, 4.69) is 31.4 Å². The van der Waals surface area contributed by atoms with E-state index in [0.29, 0.717) is 37.3 Å². The van der Waals surface area contributed by atoms with Gasteiger partial charge in [0.05, 0.1) is 30.2 Å². The Hall–Kier alpha value is -3.99. The lowest BCUT2D eigenvalue weighted by molar-refractivity contribution is -0.144. The van der Waals surface area contributed by atoms with Gasteiger partial charge in [0.1, 0.15) is 33.8 Å². The zero-order valence-electron chi connectivity index (χ0n) is 26.8. The summed E-state index contributed by atoms with van der Waals surface area (Å²) in [6.07, 6.45) is 7.59. The Morgan fingerprint density at radius 3 is 2.61 bits per heavy atom. The van der Waals surface area contributed by atoms with Gasteiger partial charge < -0.3 is 25.2 Å². The first kappa shape index (κ1) is 32.0. The van der Waals surface area contributed by atoms with Gasteiger partial charge in [0.15, 0.2) is 0 Å². The number of carbonyl (C=O) groups is 3. The van der Waals surface area contributed by atoms with Gasteiger partial charge in [-0.1, -0.05) is 32.9 Å². The number of pyridine rings is 1. The topological polar surface area (TPSA) is 140 Å². The van der Waals surface area contributed by atoms with Crippen LogP contribution in [0.2, 0.25) is 0 Å². The van der Waals surface area contributed by atoms with Crippen molar-refractivity contribution in [2.75, 3.05) is 13.7 Å². The molecule has 3 aliphatic rings. The molecule has 1 aliphatic heterocycles. The molecule has 5 atom stereocenters. The molecule has 2 aromatic heterocycles. The van der Waals surface area contributed by atoms with Crippen molar-refractivity contribution < 1.29 is 29.0 Å². The molecule has 10 nitrogen and oxygen atoms in total. The van der Waals surface area contributed by atoms with Crippen molar-refractivity contribution in [3.8, 4) is 22.2 Å². The van der Waals surface area contributed by atoms with Crippen LogP contribution < -0.4 is 20.1 Å². The molecule has 0 spiro atoms. The van der Waals surface area contributed by atoms with E-state index >= 15 is 0 Å². The van der Waals surface area contributed by atoms with Crippen molar-refractivity contribution in [1.29, 1.82) is 0 Å². The third kappa shape index (κ3) is 6.09. The molecule has 3 N–H and O–H groups in total. The summed E-state index contributed by atoms with van der Waals surface area (Å²) in [5.74, 6) is -1.66.